The molecule has 0 saturated heterocycles. The van der Waals surface area contributed by atoms with Crippen LogP contribution in [0.1, 0.15) is 12.5 Å². The van der Waals surface area contributed by atoms with E-state index < -0.39 is 0 Å². The molecule has 0 N–H and O–H groups in total. The highest BCUT2D eigenvalue weighted by Gasteiger charge is 1.84. The van der Waals surface area contributed by atoms with E-state index >= 15 is 0 Å². The van der Waals surface area contributed by atoms with E-state index in [1.165, 1.54) is 5.56 Å². The van der Waals surface area contributed by atoms with Crippen LogP contribution in [0.2, 0.25) is 0 Å². The summed E-state index contributed by atoms with van der Waals surface area (Å²) in [4.78, 5) is 0. The molecular weight excluding hydrogens is 124 g/mol. The zero-order valence-corrected chi connectivity index (χ0v) is 6.41. The Labute approximate surface area is 61.7 Å². The summed E-state index contributed by atoms with van der Waals surface area (Å²) in [5.41, 5.74) is 1.34. The third-order valence-corrected chi connectivity index (χ3v) is 1.26. The molecule has 0 aromatic carbocycles. The molecule has 0 atom stereocenters. The van der Waals surface area contributed by atoms with Crippen molar-refractivity contribution < 1.29 is 0 Å². The number of hydrogen-bond acceptors (Lipinski definition) is 1. The maximum Gasteiger partial charge on any atom is 0.0462 e. The largest absolute Gasteiger partial charge is 0.354 e. The predicted octanol–water partition coefficient (Wildman–Crippen LogP) is 1.96. The molecule has 0 unspecified atom stereocenters. The van der Waals surface area contributed by atoms with E-state index in [1.807, 2.05) is 0 Å². The molecular formula is C8H12N2. The standard InChI is InChI=1S/C7H11N.CHN/c1-3-8-5-4-7(2)6-8;1-2/h4-6H,3H2,1-2H3;1H. The minimum Gasteiger partial charge on any atom is -0.354 e. The zero-order chi connectivity index (χ0) is 7.98. The van der Waals surface area contributed by atoms with Crippen molar-refractivity contribution in [2.45, 2.75) is 20.4 Å². The van der Waals surface area contributed by atoms with E-state index in [9.17, 15) is 0 Å². The normalized spacial score (nSPS) is 8.00. The molecule has 0 spiro atoms. The van der Waals surface area contributed by atoms with E-state index in [0.29, 0.717) is 0 Å². The number of aromatic nitrogens is 1. The van der Waals surface area contributed by atoms with Crippen molar-refractivity contribution in [1.29, 1.82) is 5.26 Å². The molecule has 1 aromatic rings. The molecule has 0 saturated carbocycles. The molecule has 10 heavy (non-hydrogen) atoms. The van der Waals surface area contributed by atoms with Gasteiger partial charge >= 0.3 is 0 Å². The van der Waals surface area contributed by atoms with Gasteiger partial charge in [-0.15, -0.1) is 0 Å². The average molecular weight is 136 g/mol. The molecule has 2 heteroatoms. The second-order valence-corrected chi connectivity index (χ2v) is 2.02. The highest BCUT2D eigenvalue weighted by Crippen LogP contribution is 1.96. The van der Waals surface area contributed by atoms with Crippen molar-refractivity contribution in [2.75, 3.05) is 0 Å². The predicted molar refractivity (Wildman–Crippen MR) is 41.5 cm³/mol. The summed E-state index contributed by atoms with van der Waals surface area (Å²) in [7, 11) is 0. The van der Waals surface area contributed by atoms with Crippen molar-refractivity contribution in [3.05, 3.63) is 24.0 Å². The third-order valence-electron chi connectivity index (χ3n) is 1.26. The van der Waals surface area contributed by atoms with Crippen LogP contribution in [0.25, 0.3) is 0 Å². The van der Waals surface area contributed by atoms with Gasteiger partial charge in [0.1, 0.15) is 0 Å². The summed E-state index contributed by atoms with van der Waals surface area (Å²) in [5.74, 6) is 0. The summed E-state index contributed by atoms with van der Waals surface area (Å²) in [6.45, 7) is 8.82. The maximum atomic E-state index is 6.50. The first kappa shape index (κ1) is 8.77. The Hall–Kier alpha value is -1.23. The number of rotatable bonds is 1. The van der Waals surface area contributed by atoms with Gasteiger partial charge in [0.25, 0.3) is 0 Å². The third kappa shape index (κ3) is 2.36. The Bertz CT molecular complexity index is 198. The number of hydrogen-bond donors (Lipinski definition) is 0. The molecule has 0 aliphatic carbocycles. The van der Waals surface area contributed by atoms with Crippen LogP contribution in [0.5, 0.6) is 0 Å². The Morgan fingerprint density at radius 2 is 2.20 bits per heavy atom. The first-order valence-electron chi connectivity index (χ1n) is 3.21. The zero-order valence-electron chi connectivity index (χ0n) is 6.41. The van der Waals surface area contributed by atoms with Gasteiger partial charge in [-0.05, 0) is 25.5 Å². The second-order valence-electron chi connectivity index (χ2n) is 2.02. The van der Waals surface area contributed by atoms with Gasteiger partial charge in [0.15, 0.2) is 0 Å². The first-order chi connectivity index (χ1) is 4.83. The Morgan fingerprint density at radius 1 is 1.60 bits per heavy atom. The van der Waals surface area contributed by atoms with Crippen molar-refractivity contribution in [3.63, 3.8) is 0 Å². The number of aryl methyl sites for hydroxylation is 2. The summed E-state index contributed by atoms with van der Waals surface area (Å²) in [6, 6.07) is 2.11. The van der Waals surface area contributed by atoms with Crippen LogP contribution in [-0.4, -0.2) is 4.57 Å². The van der Waals surface area contributed by atoms with Crippen LogP contribution in [-0.2, 0) is 6.54 Å². The lowest BCUT2D eigenvalue weighted by Gasteiger charge is -1.90. The quantitative estimate of drug-likeness (QED) is 0.580. The fourth-order valence-electron chi connectivity index (χ4n) is 0.758. The molecule has 0 radical (unpaired) electrons. The minimum atomic E-state index is 1.08. The Balaban J connectivity index is 0.000000371. The van der Waals surface area contributed by atoms with Crippen LogP contribution in [0.4, 0.5) is 0 Å². The van der Waals surface area contributed by atoms with Crippen molar-refractivity contribution in [2.24, 2.45) is 0 Å². The second kappa shape index (κ2) is 4.63. The van der Waals surface area contributed by atoms with E-state index in [0.717, 1.165) is 6.54 Å². The topological polar surface area (TPSA) is 28.7 Å². The number of nitrogens with zero attached hydrogens (tertiary/aromatic N) is 2. The van der Waals surface area contributed by atoms with Gasteiger partial charge in [0.05, 0.1) is 0 Å². The van der Waals surface area contributed by atoms with Gasteiger partial charge in [0, 0.05) is 25.5 Å². The van der Waals surface area contributed by atoms with Gasteiger partial charge in [-0.1, -0.05) is 0 Å². The minimum absolute atomic E-state index is 1.08. The van der Waals surface area contributed by atoms with E-state index in [-0.39, 0.29) is 0 Å². The fourth-order valence-corrected chi connectivity index (χ4v) is 0.758. The smallest absolute Gasteiger partial charge is 0.0462 e. The van der Waals surface area contributed by atoms with Crippen LogP contribution in [0.15, 0.2) is 18.5 Å². The highest BCUT2D eigenvalue weighted by molar-refractivity contribution is 5.06. The molecule has 54 valence electrons. The van der Waals surface area contributed by atoms with E-state index in [1.54, 1.807) is 0 Å². The maximum absolute atomic E-state index is 6.50. The lowest BCUT2D eigenvalue weighted by molar-refractivity contribution is 0.768. The van der Waals surface area contributed by atoms with Crippen LogP contribution < -0.4 is 0 Å². The first-order valence-corrected chi connectivity index (χ1v) is 3.21. The van der Waals surface area contributed by atoms with Crippen molar-refractivity contribution >= 4 is 0 Å². The molecule has 1 heterocycles. The number of nitriles is 1. The Kier molecular flexibility index (Phi) is 4.06. The molecule has 0 aliphatic rings. The molecule has 0 bridgehead atoms. The molecule has 1 rings (SSSR count). The molecule has 0 fully saturated rings. The monoisotopic (exact) mass is 136 g/mol. The van der Waals surface area contributed by atoms with E-state index in [4.69, 9.17) is 5.26 Å². The SMILES string of the molecule is C#N.CCn1ccc(C)c1. The summed E-state index contributed by atoms with van der Waals surface area (Å²) < 4.78 is 2.16. The molecule has 2 nitrogen and oxygen atoms in total. The van der Waals surface area contributed by atoms with Crippen LogP contribution in [0.3, 0.4) is 0 Å². The van der Waals surface area contributed by atoms with Crippen LogP contribution in [0, 0.1) is 18.8 Å². The summed E-state index contributed by atoms with van der Waals surface area (Å²) >= 11 is 0. The average Bonchev–Trinajstić information content (AvgIpc) is 2.40. The highest BCUT2D eigenvalue weighted by atomic mass is 14.9. The summed E-state index contributed by atoms with van der Waals surface area (Å²) in [5, 5.41) is 6.50. The molecule has 1 aromatic heterocycles. The van der Waals surface area contributed by atoms with Gasteiger partial charge < -0.3 is 4.57 Å². The summed E-state index contributed by atoms with van der Waals surface area (Å²) in [6.07, 6.45) is 4.23. The van der Waals surface area contributed by atoms with Crippen LogP contribution >= 0.6 is 0 Å². The fraction of sp³-hybridized carbons (Fsp3) is 0.375. The van der Waals surface area contributed by atoms with Gasteiger partial charge in [-0.25, -0.2) is 5.26 Å². The molecule has 0 amide bonds. The lowest BCUT2D eigenvalue weighted by Crippen LogP contribution is -1.86. The van der Waals surface area contributed by atoms with Gasteiger partial charge in [-0.3, -0.25) is 0 Å². The molecule has 0 aliphatic heterocycles. The lowest BCUT2D eigenvalue weighted by atomic mass is 10.4. The van der Waals surface area contributed by atoms with Crippen molar-refractivity contribution in [1.82, 2.24) is 4.57 Å². The van der Waals surface area contributed by atoms with Gasteiger partial charge in [0.2, 0.25) is 0 Å². The van der Waals surface area contributed by atoms with Crippen molar-refractivity contribution in [3.8, 4) is 6.57 Å². The van der Waals surface area contributed by atoms with E-state index in [2.05, 4.69) is 43.4 Å². The van der Waals surface area contributed by atoms with Gasteiger partial charge in [-0.2, -0.15) is 0 Å². The Morgan fingerprint density at radius 3 is 2.40 bits per heavy atom.